The van der Waals surface area contributed by atoms with Gasteiger partial charge in [-0.2, -0.15) is 0 Å². The number of hydrogen-bond donors (Lipinski definition) is 1. The fourth-order valence-corrected chi connectivity index (χ4v) is 2.44. The average molecular weight is 267 g/mol. The Morgan fingerprint density at radius 1 is 1.21 bits per heavy atom. The van der Waals surface area contributed by atoms with Crippen molar-refractivity contribution >= 4 is 0 Å². The van der Waals surface area contributed by atoms with E-state index in [1.54, 1.807) is 18.2 Å². The lowest BCUT2D eigenvalue weighted by atomic mass is 9.88. The smallest absolute Gasteiger partial charge is 0.161 e. The number of piperidine rings is 1. The molecule has 0 radical (unpaired) electrons. The predicted molar refractivity (Wildman–Crippen MR) is 73.7 cm³/mol. The SMILES string of the molecule is CCOc1ccc(C2(F)CCCNC2)cc1OCC. The quantitative estimate of drug-likeness (QED) is 0.889. The Hall–Kier alpha value is -1.29. The Labute approximate surface area is 114 Å². The zero-order valence-corrected chi connectivity index (χ0v) is 11.7. The van der Waals surface area contributed by atoms with Crippen LogP contribution in [0.5, 0.6) is 11.5 Å². The van der Waals surface area contributed by atoms with Crippen LogP contribution >= 0.6 is 0 Å². The monoisotopic (exact) mass is 267 g/mol. The van der Waals surface area contributed by atoms with Crippen LogP contribution in [-0.2, 0) is 5.67 Å². The summed E-state index contributed by atoms with van der Waals surface area (Å²) in [5, 5.41) is 3.12. The number of nitrogens with one attached hydrogen (secondary N) is 1. The zero-order valence-electron chi connectivity index (χ0n) is 11.7. The first-order valence-electron chi connectivity index (χ1n) is 6.99. The van der Waals surface area contributed by atoms with E-state index in [9.17, 15) is 4.39 Å². The molecule has 1 heterocycles. The summed E-state index contributed by atoms with van der Waals surface area (Å²) in [5.41, 5.74) is -0.624. The number of halogens is 1. The molecule has 0 aliphatic carbocycles. The summed E-state index contributed by atoms with van der Waals surface area (Å²) in [7, 11) is 0. The molecular formula is C15H22FNO2. The summed E-state index contributed by atoms with van der Waals surface area (Å²) in [6, 6.07) is 5.39. The molecule has 1 unspecified atom stereocenters. The summed E-state index contributed by atoms with van der Waals surface area (Å²) in [4.78, 5) is 0. The average Bonchev–Trinajstić information content (AvgIpc) is 2.42. The standard InChI is InChI=1S/C15H22FNO2/c1-3-18-13-7-6-12(10-14(13)19-4-2)15(16)8-5-9-17-11-15/h6-7,10,17H,3-5,8-9,11H2,1-2H3. The van der Waals surface area contributed by atoms with E-state index in [2.05, 4.69) is 5.32 Å². The van der Waals surface area contributed by atoms with Gasteiger partial charge in [0.2, 0.25) is 0 Å². The molecule has 0 bridgehead atoms. The molecule has 4 heteroatoms. The van der Waals surface area contributed by atoms with E-state index in [4.69, 9.17) is 9.47 Å². The Bertz CT molecular complexity index is 417. The first-order valence-corrected chi connectivity index (χ1v) is 6.99. The molecule has 1 fully saturated rings. The lowest BCUT2D eigenvalue weighted by Crippen LogP contribution is -2.40. The highest BCUT2D eigenvalue weighted by atomic mass is 19.1. The van der Waals surface area contributed by atoms with Crippen LogP contribution in [0.3, 0.4) is 0 Å². The van der Waals surface area contributed by atoms with Gasteiger partial charge in [0, 0.05) is 6.54 Å². The number of hydrogen-bond acceptors (Lipinski definition) is 3. The second-order valence-electron chi connectivity index (χ2n) is 4.77. The molecule has 19 heavy (non-hydrogen) atoms. The highest BCUT2D eigenvalue weighted by molar-refractivity contribution is 5.45. The largest absolute Gasteiger partial charge is 0.490 e. The number of ether oxygens (including phenoxy) is 2. The molecule has 3 nitrogen and oxygen atoms in total. The minimum atomic E-state index is -1.30. The van der Waals surface area contributed by atoms with Crippen molar-refractivity contribution in [2.45, 2.75) is 32.4 Å². The molecule has 1 saturated heterocycles. The van der Waals surface area contributed by atoms with Gasteiger partial charge in [-0.3, -0.25) is 0 Å². The first kappa shape index (κ1) is 14.1. The minimum absolute atomic E-state index is 0.368. The number of rotatable bonds is 5. The molecule has 0 spiro atoms. The topological polar surface area (TPSA) is 30.5 Å². The molecule has 2 rings (SSSR count). The lowest BCUT2D eigenvalue weighted by molar-refractivity contribution is 0.121. The summed E-state index contributed by atoms with van der Waals surface area (Å²) in [5.74, 6) is 1.31. The van der Waals surface area contributed by atoms with Crippen LogP contribution in [0.1, 0.15) is 32.3 Å². The molecule has 1 aromatic carbocycles. The molecular weight excluding hydrogens is 245 g/mol. The van der Waals surface area contributed by atoms with Crippen LogP contribution in [0, 0.1) is 0 Å². The Balaban J connectivity index is 2.28. The normalized spacial score (nSPS) is 23.1. The third kappa shape index (κ3) is 3.18. The van der Waals surface area contributed by atoms with Gasteiger partial charge >= 0.3 is 0 Å². The molecule has 1 N–H and O–H groups in total. The van der Waals surface area contributed by atoms with Crippen LogP contribution < -0.4 is 14.8 Å². The summed E-state index contributed by atoms with van der Waals surface area (Å²) in [6.07, 6.45) is 1.41. The highest BCUT2D eigenvalue weighted by Gasteiger charge is 2.34. The van der Waals surface area contributed by atoms with Gasteiger partial charge in [-0.05, 0) is 50.9 Å². The highest BCUT2D eigenvalue weighted by Crippen LogP contribution is 2.38. The van der Waals surface area contributed by atoms with Crippen molar-refractivity contribution in [2.75, 3.05) is 26.3 Å². The van der Waals surface area contributed by atoms with Crippen LogP contribution in [0.2, 0.25) is 0 Å². The maximum absolute atomic E-state index is 14.9. The third-order valence-corrected chi connectivity index (χ3v) is 3.39. The molecule has 106 valence electrons. The van der Waals surface area contributed by atoms with Gasteiger partial charge < -0.3 is 14.8 Å². The van der Waals surface area contributed by atoms with Crippen molar-refractivity contribution in [2.24, 2.45) is 0 Å². The molecule has 1 aliphatic rings. The van der Waals surface area contributed by atoms with Crippen molar-refractivity contribution in [3.8, 4) is 11.5 Å². The Kier molecular flexibility index (Phi) is 4.64. The molecule has 0 amide bonds. The Morgan fingerprint density at radius 2 is 1.95 bits per heavy atom. The van der Waals surface area contributed by atoms with E-state index in [-0.39, 0.29) is 0 Å². The van der Waals surface area contributed by atoms with E-state index in [0.29, 0.717) is 43.2 Å². The Morgan fingerprint density at radius 3 is 2.58 bits per heavy atom. The second-order valence-corrected chi connectivity index (χ2v) is 4.77. The van der Waals surface area contributed by atoms with E-state index in [0.717, 1.165) is 13.0 Å². The molecule has 1 aromatic rings. The van der Waals surface area contributed by atoms with Gasteiger partial charge in [-0.15, -0.1) is 0 Å². The number of benzene rings is 1. The van der Waals surface area contributed by atoms with Crippen LogP contribution in [0.4, 0.5) is 4.39 Å². The zero-order chi connectivity index (χ0) is 13.7. The van der Waals surface area contributed by atoms with Crippen molar-refractivity contribution in [3.63, 3.8) is 0 Å². The van der Waals surface area contributed by atoms with Gasteiger partial charge in [-0.1, -0.05) is 6.07 Å². The molecule has 1 aliphatic heterocycles. The fourth-order valence-electron chi connectivity index (χ4n) is 2.44. The summed E-state index contributed by atoms with van der Waals surface area (Å²) >= 11 is 0. The van der Waals surface area contributed by atoms with Crippen LogP contribution in [-0.4, -0.2) is 26.3 Å². The maximum atomic E-state index is 14.9. The van der Waals surface area contributed by atoms with Crippen LogP contribution in [0.15, 0.2) is 18.2 Å². The van der Waals surface area contributed by atoms with Gasteiger partial charge in [0.25, 0.3) is 0 Å². The summed E-state index contributed by atoms with van der Waals surface area (Å²) in [6.45, 7) is 6.21. The van der Waals surface area contributed by atoms with Crippen LogP contribution in [0.25, 0.3) is 0 Å². The van der Waals surface area contributed by atoms with Crippen molar-refractivity contribution in [1.29, 1.82) is 0 Å². The van der Waals surface area contributed by atoms with Gasteiger partial charge in [-0.25, -0.2) is 4.39 Å². The molecule has 0 aromatic heterocycles. The van der Waals surface area contributed by atoms with E-state index in [1.807, 2.05) is 13.8 Å². The third-order valence-electron chi connectivity index (χ3n) is 3.39. The fraction of sp³-hybridized carbons (Fsp3) is 0.600. The molecule has 1 atom stereocenters. The summed E-state index contributed by atoms with van der Waals surface area (Å²) < 4.78 is 25.9. The van der Waals surface area contributed by atoms with Crippen molar-refractivity contribution in [1.82, 2.24) is 5.32 Å². The minimum Gasteiger partial charge on any atom is -0.490 e. The van der Waals surface area contributed by atoms with E-state index < -0.39 is 5.67 Å². The maximum Gasteiger partial charge on any atom is 0.161 e. The van der Waals surface area contributed by atoms with Crippen molar-refractivity contribution < 1.29 is 13.9 Å². The molecule has 0 saturated carbocycles. The first-order chi connectivity index (χ1) is 9.19. The van der Waals surface area contributed by atoms with Crippen molar-refractivity contribution in [3.05, 3.63) is 23.8 Å². The van der Waals surface area contributed by atoms with Gasteiger partial charge in [0.1, 0.15) is 5.67 Å². The van der Waals surface area contributed by atoms with E-state index >= 15 is 0 Å². The van der Waals surface area contributed by atoms with Gasteiger partial charge in [0.05, 0.1) is 13.2 Å². The van der Waals surface area contributed by atoms with E-state index in [1.165, 1.54) is 0 Å². The lowest BCUT2D eigenvalue weighted by Gasteiger charge is -2.31. The predicted octanol–water partition coefficient (Wildman–Crippen LogP) is 3.03. The van der Waals surface area contributed by atoms with Gasteiger partial charge in [0.15, 0.2) is 11.5 Å². The second kappa shape index (κ2) is 6.24. The number of alkyl halides is 1.